The predicted molar refractivity (Wildman–Crippen MR) is 83.2 cm³/mol. The molecular weight excluding hydrogens is 385 g/mol. The standard InChI is InChI=1S/C13H8BrF3N2S2/c14-8-4-9(21-6-8)5-19-11-2-1-7(13(15,16)17)3-10(11)18-12(19)20/h1-4,6H,5H2,(H,18,20). The molecule has 0 amide bonds. The molecule has 3 rings (SSSR count). The van der Waals surface area contributed by atoms with Crippen LogP contribution in [0.1, 0.15) is 10.4 Å². The van der Waals surface area contributed by atoms with Gasteiger partial charge in [-0.2, -0.15) is 13.2 Å². The lowest BCUT2D eigenvalue weighted by molar-refractivity contribution is -0.137. The Morgan fingerprint density at radius 3 is 2.67 bits per heavy atom. The Morgan fingerprint density at radius 2 is 2.05 bits per heavy atom. The van der Waals surface area contributed by atoms with Crippen LogP contribution in [-0.4, -0.2) is 9.55 Å². The van der Waals surface area contributed by atoms with E-state index in [2.05, 4.69) is 20.9 Å². The SMILES string of the molecule is FC(F)(F)c1ccc2c(c1)[nH]c(=S)n2Cc1cc(Br)cs1. The third kappa shape index (κ3) is 2.93. The first kappa shape index (κ1) is 14.8. The van der Waals surface area contributed by atoms with E-state index in [1.165, 1.54) is 6.07 Å². The van der Waals surface area contributed by atoms with Gasteiger partial charge in [-0.3, -0.25) is 0 Å². The summed E-state index contributed by atoms with van der Waals surface area (Å²) >= 11 is 10.2. The Morgan fingerprint density at radius 1 is 1.29 bits per heavy atom. The Balaban J connectivity index is 2.07. The van der Waals surface area contributed by atoms with Crippen LogP contribution >= 0.6 is 39.5 Å². The molecule has 110 valence electrons. The minimum Gasteiger partial charge on any atom is -0.331 e. The summed E-state index contributed by atoms with van der Waals surface area (Å²) in [7, 11) is 0. The van der Waals surface area contributed by atoms with E-state index in [0.717, 1.165) is 21.5 Å². The molecule has 0 spiro atoms. The van der Waals surface area contributed by atoms with E-state index in [1.54, 1.807) is 15.9 Å². The summed E-state index contributed by atoms with van der Waals surface area (Å²) in [5.74, 6) is 0. The summed E-state index contributed by atoms with van der Waals surface area (Å²) in [6, 6.07) is 5.58. The molecule has 21 heavy (non-hydrogen) atoms. The van der Waals surface area contributed by atoms with Crippen molar-refractivity contribution >= 4 is 50.5 Å². The van der Waals surface area contributed by atoms with E-state index in [4.69, 9.17) is 12.2 Å². The van der Waals surface area contributed by atoms with E-state index < -0.39 is 11.7 Å². The van der Waals surface area contributed by atoms with Gasteiger partial charge >= 0.3 is 6.18 Å². The number of nitrogens with one attached hydrogen (secondary N) is 1. The van der Waals surface area contributed by atoms with Crippen LogP contribution in [0.15, 0.2) is 34.1 Å². The maximum absolute atomic E-state index is 12.7. The highest BCUT2D eigenvalue weighted by Gasteiger charge is 2.30. The van der Waals surface area contributed by atoms with Crippen LogP contribution in [0.4, 0.5) is 13.2 Å². The predicted octanol–water partition coefficient (Wildman–Crippen LogP) is 5.59. The van der Waals surface area contributed by atoms with E-state index in [1.807, 2.05) is 11.4 Å². The second-order valence-electron chi connectivity index (χ2n) is 4.48. The summed E-state index contributed by atoms with van der Waals surface area (Å²) in [5.41, 5.74) is 0.375. The highest BCUT2D eigenvalue weighted by atomic mass is 79.9. The number of nitrogens with zero attached hydrogens (tertiary/aromatic N) is 1. The van der Waals surface area contributed by atoms with Crippen LogP contribution in [-0.2, 0) is 12.7 Å². The molecule has 0 atom stereocenters. The van der Waals surface area contributed by atoms with Crippen molar-refractivity contribution in [3.8, 4) is 0 Å². The molecule has 8 heteroatoms. The van der Waals surface area contributed by atoms with Crippen LogP contribution in [0, 0.1) is 4.77 Å². The molecule has 0 saturated heterocycles. The van der Waals surface area contributed by atoms with Gasteiger partial charge in [0.15, 0.2) is 4.77 Å². The molecule has 1 aromatic carbocycles. The molecule has 0 fully saturated rings. The van der Waals surface area contributed by atoms with E-state index in [9.17, 15) is 13.2 Å². The van der Waals surface area contributed by atoms with Gasteiger partial charge in [-0.25, -0.2) is 0 Å². The first-order valence-corrected chi connectivity index (χ1v) is 7.95. The van der Waals surface area contributed by atoms with Crippen molar-refractivity contribution in [1.29, 1.82) is 0 Å². The van der Waals surface area contributed by atoms with Crippen molar-refractivity contribution in [2.75, 3.05) is 0 Å². The number of aromatic amines is 1. The summed E-state index contributed by atoms with van der Waals surface area (Å²) in [6.45, 7) is 0.528. The third-order valence-electron chi connectivity index (χ3n) is 3.04. The fourth-order valence-electron chi connectivity index (χ4n) is 2.09. The summed E-state index contributed by atoms with van der Waals surface area (Å²) in [4.78, 5) is 3.91. The lowest BCUT2D eigenvalue weighted by atomic mass is 10.2. The Hall–Kier alpha value is -1.12. The minimum absolute atomic E-state index is 0.394. The quantitative estimate of drug-likeness (QED) is 0.563. The number of aromatic nitrogens is 2. The van der Waals surface area contributed by atoms with Crippen molar-refractivity contribution in [1.82, 2.24) is 9.55 Å². The largest absolute Gasteiger partial charge is 0.416 e. The van der Waals surface area contributed by atoms with E-state index in [-0.39, 0.29) is 0 Å². The van der Waals surface area contributed by atoms with Crippen molar-refractivity contribution < 1.29 is 13.2 Å². The normalized spacial score (nSPS) is 12.2. The number of benzene rings is 1. The molecule has 0 aliphatic carbocycles. The zero-order valence-corrected chi connectivity index (χ0v) is 13.6. The van der Waals surface area contributed by atoms with Crippen LogP contribution in [0.2, 0.25) is 0 Å². The lowest BCUT2D eigenvalue weighted by Gasteiger charge is -2.07. The van der Waals surface area contributed by atoms with Crippen LogP contribution in [0.25, 0.3) is 11.0 Å². The average Bonchev–Trinajstić information content (AvgIpc) is 2.93. The zero-order valence-electron chi connectivity index (χ0n) is 10.4. The first-order chi connectivity index (χ1) is 9.84. The molecule has 2 nitrogen and oxygen atoms in total. The summed E-state index contributed by atoms with van der Waals surface area (Å²) in [6.07, 6.45) is -4.36. The lowest BCUT2D eigenvalue weighted by Crippen LogP contribution is -2.04. The third-order valence-corrected chi connectivity index (χ3v) is 5.04. The minimum atomic E-state index is -4.36. The van der Waals surface area contributed by atoms with Gasteiger partial charge in [-0.1, -0.05) is 0 Å². The smallest absolute Gasteiger partial charge is 0.331 e. The monoisotopic (exact) mass is 392 g/mol. The summed E-state index contributed by atoms with van der Waals surface area (Å²) in [5, 5.41) is 1.95. The maximum atomic E-state index is 12.7. The highest BCUT2D eigenvalue weighted by molar-refractivity contribution is 9.10. The molecule has 3 aromatic rings. The van der Waals surface area contributed by atoms with Gasteiger partial charge in [-0.15, -0.1) is 11.3 Å². The fourth-order valence-corrected chi connectivity index (χ4v) is 3.80. The molecular formula is C13H8BrF3N2S2. The molecule has 0 aliphatic rings. The van der Waals surface area contributed by atoms with Crippen molar-refractivity contribution in [3.05, 3.63) is 49.3 Å². The molecule has 0 radical (unpaired) electrons. The molecule has 0 aliphatic heterocycles. The Labute approximate surface area is 135 Å². The zero-order chi connectivity index (χ0) is 15.2. The molecule has 2 heterocycles. The molecule has 1 N–H and O–H groups in total. The summed E-state index contributed by atoms with van der Waals surface area (Å²) < 4.78 is 41.4. The van der Waals surface area contributed by atoms with Gasteiger partial charge < -0.3 is 9.55 Å². The number of thiophene rings is 1. The van der Waals surface area contributed by atoms with Crippen LogP contribution < -0.4 is 0 Å². The average molecular weight is 393 g/mol. The van der Waals surface area contributed by atoms with Gasteiger partial charge in [0.05, 0.1) is 23.1 Å². The number of rotatable bonds is 2. The Kier molecular flexibility index (Phi) is 3.71. The van der Waals surface area contributed by atoms with Gasteiger partial charge in [0.1, 0.15) is 0 Å². The van der Waals surface area contributed by atoms with Crippen LogP contribution in [0.3, 0.4) is 0 Å². The second-order valence-corrected chi connectivity index (χ2v) is 6.78. The van der Waals surface area contributed by atoms with Gasteiger partial charge in [0.2, 0.25) is 0 Å². The number of fused-ring (bicyclic) bond motifs is 1. The number of halogens is 4. The number of alkyl halides is 3. The van der Waals surface area contributed by atoms with Crippen molar-refractivity contribution in [2.24, 2.45) is 0 Å². The Bertz CT molecular complexity index is 860. The van der Waals surface area contributed by atoms with E-state index in [0.29, 0.717) is 22.3 Å². The van der Waals surface area contributed by atoms with Gasteiger partial charge in [-0.05, 0) is 52.4 Å². The fraction of sp³-hybridized carbons (Fsp3) is 0.154. The second kappa shape index (κ2) is 5.26. The van der Waals surface area contributed by atoms with Gasteiger partial charge in [0.25, 0.3) is 0 Å². The molecule has 2 aromatic heterocycles. The van der Waals surface area contributed by atoms with Crippen molar-refractivity contribution in [2.45, 2.75) is 12.7 Å². The topological polar surface area (TPSA) is 20.7 Å². The molecule has 0 unspecified atom stereocenters. The maximum Gasteiger partial charge on any atom is 0.416 e. The molecule has 0 bridgehead atoms. The first-order valence-electron chi connectivity index (χ1n) is 5.87. The van der Waals surface area contributed by atoms with Crippen LogP contribution in [0.5, 0.6) is 0 Å². The highest BCUT2D eigenvalue weighted by Crippen LogP contribution is 2.31. The van der Waals surface area contributed by atoms with Gasteiger partial charge in [0, 0.05) is 14.7 Å². The van der Waals surface area contributed by atoms with Crippen molar-refractivity contribution in [3.63, 3.8) is 0 Å². The number of imidazole rings is 1. The number of hydrogen-bond acceptors (Lipinski definition) is 2. The molecule has 0 saturated carbocycles. The number of hydrogen-bond donors (Lipinski definition) is 1. The number of H-pyrrole nitrogens is 1. The van der Waals surface area contributed by atoms with E-state index >= 15 is 0 Å².